The van der Waals surface area contributed by atoms with Gasteiger partial charge in [-0.25, -0.2) is 4.68 Å². The molecule has 0 amide bonds. The summed E-state index contributed by atoms with van der Waals surface area (Å²) in [6.45, 7) is 9.55. The molecule has 0 aliphatic rings. The normalized spacial score (nSPS) is 12.1. The molecule has 2 rings (SSSR count). The maximum absolute atomic E-state index is 13.1. The van der Waals surface area contributed by atoms with Crippen LogP contribution in [0.1, 0.15) is 38.3 Å². The number of nitrogen functional groups attached to an aromatic ring is 1. The smallest absolute Gasteiger partial charge is 0.306 e. The summed E-state index contributed by atoms with van der Waals surface area (Å²) in [5.74, 6) is 0.663. The highest BCUT2D eigenvalue weighted by molar-refractivity contribution is 8.13. The Bertz CT molecular complexity index is 836. The van der Waals surface area contributed by atoms with Crippen molar-refractivity contribution in [3.8, 4) is 11.1 Å². The van der Waals surface area contributed by atoms with Gasteiger partial charge in [0.1, 0.15) is 5.82 Å². The molecule has 5 nitrogen and oxygen atoms in total. The summed E-state index contributed by atoms with van der Waals surface area (Å²) < 4.78 is 2.83. The van der Waals surface area contributed by atoms with Crippen molar-refractivity contribution in [3.63, 3.8) is 0 Å². The summed E-state index contributed by atoms with van der Waals surface area (Å²) in [5, 5.41) is -0.266. The fourth-order valence-electron chi connectivity index (χ4n) is 2.96. The molecule has 0 saturated heterocycles. The summed E-state index contributed by atoms with van der Waals surface area (Å²) in [4.78, 5) is 25.8. The van der Waals surface area contributed by atoms with E-state index < -0.39 is 0 Å². The number of rotatable bonds is 6. The first-order valence-electron chi connectivity index (χ1n) is 8.41. The predicted molar refractivity (Wildman–Crippen MR) is 106 cm³/mol. The fourth-order valence-corrected chi connectivity index (χ4v) is 3.53. The molecule has 0 aliphatic heterocycles. The number of thioether (sulfide) groups is 1. The van der Waals surface area contributed by atoms with Crippen LogP contribution in [-0.4, -0.2) is 20.4 Å². The maximum atomic E-state index is 13.1. The van der Waals surface area contributed by atoms with Gasteiger partial charge in [-0.15, -0.1) is 6.58 Å². The van der Waals surface area contributed by atoms with Crippen LogP contribution in [0.4, 0.5) is 10.6 Å². The molecule has 1 heterocycles. The lowest BCUT2D eigenvalue weighted by molar-refractivity contribution is 0.252. The second kappa shape index (κ2) is 8.25. The number of anilines is 1. The van der Waals surface area contributed by atoms with Gasteiger partial charge in [0, 0.05) is 5.75 Å². The minimum atomic E-state index is -0.266. The van der Waals surface area contributed by atoms with Gasteiger partial charge in [0.25, 0.3) is 5.56 Å². The Balaban J connectivity index is 2.71. The van der Waals surface area contributed by atoms with E-state index in [0.29, 0.717) is 11.3 Å². The van der Waals surface area contributed by atoms with Crippen LogP contribution in [0.25, 0.3) is 11.1 Å². The third kappa shape index (κ3) is 3.74. The van der Waals surface area contributed by atoms with E-state index in [2.05, 4.69) is 13.5 Å². The van der Waals surface area contributed by atoms with Gasteiger partial charge >= 0.3 is 5.24 Å². The Morgan fingerprint density at radius 3 is 2.68 bits per heavy atom. The zero-order valence-electron chi connectivity index (χ0n) is 15.0. The first kappa shape index (κ1) is 19.1. The molecule has 25 heavy (non-hydrogen) atoms. The number of benzene rings is 1. The Morgan fingerprint density at radius 1 is 1.40 bits per heavy atom. The van der Waals surface area contributed by atoms with Gasteiger partial charge in [-0.2, -0.15) is 4.68 Å². The van der Waals surface area contributed by atoms with E-state index in [1.165, 1.54) is 9.36 Å². The summed E-state index contributed by atoms with van der Waals surface area (Å²) in [6.07, 6.45) is 3.35. The quantitative estimate of drug-likeness (QED) is 0.773. The van der Waals surface area contributed by atoms with Gasteiger partial charge in [-0.05, 0) is 31.4 Å². The standard InChI is InChI=1S/C19H25N3O2S/c1-5-9-14(4)21-18(23)16(15-11-8-7-10-13(15)3)17(20)22(21)19(24)25-12-6-2/h6-8,10-11,14H,2,5,9,12,20H2,1,3-4H3. The lowest BCUT2D eigenvalue weighted by atomic mass is 10.0. The number of nitrogens with two attached hydrogens (primary N) is 1. The van der Waals surface area contributed by atoms with Crippen LogP contribution in [-0.2, 0) is 0 Å². The molecule has 134 valence electrons. The Kier molecular flexibility index (Phi) is 6.31. The van der Waals surface area contributed by atoms with Crippen LogP contribution < -0.4 is 11.3 Å². The molecule has 0 spiro atoms. The number of hydrogen-bond acceptors (Lipinski definition) is 4. The van der Waals surface area contributed by atoms with E-state index >= 15 is 0 Å². The first-order chi connectivity index (χ1) is 11.9. The molecule has 0 fully saturated rings. The average Bonchev–Trinajstić information content (AvgIpc) is 2.84. The highest BCUT2D eigenvalue weighted by Gasteiger charge is 2.26. The average molecular weight is 359 g/mol. The molecule has 2 aromatic rings. The van der Waals surface area contributed by atoms with Crippen molar-refractivity contribution in [2.45, 2.75) is 39.7 Å². The summed E-state index contributed by atoms with van der Waals surface area (Å²) in [6, 6.07) is 7.45. The molecule has 1 atom stereocenters. The number of hydrogen-bond donors (Lipinski definition) is 1. The number of nitrogens with zero attached hydrogens (tertiary/aromatic N) is 2. The van der Waals surface area contributed by atoms with Crippen molar-refractivity contribution < 1.29 is 4.79 Å². The first-order valence-corrected chi connectivity index (χ1v) is 9.39. The molecule has 0 saturated carbocycles. The van der Waals surface area contributed by atoms with Crippen molar-refractivity contribution in [1.82, 2.24) is 9.36 Å². The molecule has 1 unspecified atom stereocenters. The van der Waals surface area contributed by atoms with Gasteiger partial charge < -0.3 is 5.73 Å². The van der Waals surface area contributed by atoms with Crippen molar-refractivity contribution in [3.05, 3.63) is 52.8 Å². The van der Waals surface area contributed by atoms with Crippen LogP contribution in [0, 0.1) is 6.92 Å². The molecule has 0 bridgehead atoms. The Morgan fingerprint density at radius 2 is 2.08 bits per heavy atom. The molecule has 2 N–H and O–H groups in total. The molecule has 0 radical (unpaired) electrons. The maximum Gasteiger partial charge on any atom is 0.306 e. The topological polar surface area (TPSA) is 70.0 Å². The van der Waals surface area contributed by atoms with Crippen LogP contribution >= 0.6 is 11.8 Å². The van der Waals surface area contributed by atoms with Gasteiger partial charge in [0.05, 0.1) is 11.6 Å². The Hall–Kier alpha value is -2.21. The molecule has 1 aromatic carbocycles. The molecular weight excluding hydrogens is 334 g/mol. The van der Waals surface area contributed by atoms with Crippen LogP contribution in [0.2, 0.25) is 0 Å². The zero-order chi connectivity index (χ0) is 18.6. The third-order valence-corrected chi connectivity index (χ3v) is 4.98. The molecule has 0 aliphatic carbocycles. The van der Waals surface area contributed by atoms with Crippen molar-refractivity contribution in [1.29, 1.82) is 0 Å². The highest BCUT2D eigenvalue weighted by Crippen LogP contribution is 2.29. The van der Waals surface area contributed by atoms with Gasteiger partial charge in [-0.3, -0.25) is 9.59 Å². The van der Waals surface area contributed by atoms with Crippen molar-refractivity contribution in [2.75, 3.05) is 11.5 Å². The third-order valence-electron chi connectivity index (χ3n) is 4.16. The Labute approximate surface area is 152 Å². The van der Waals surface area contributed by atoms with E-state index in [4.69, 9.17) is 5.73 Å². The van der Waals surface area contributed by atoms with E-state index in [1.807, 2.05) is 38.1 Å². The van der Waals surface area contributed by atoms with Crippen LogP contribution in [0.15, 0.2) is 41.7 Å². The fraction of sp³-hybridized carbons (Fsp3) is 0.368. The van der Waals surface area contributed by atoms with E-state index in [9.17, 15) is 9.59 Å². The van der Waals surface area contributed by atoms with Crippen LogP contribution in [0.3, 0.4) is 0 Å². The van der Waals surface area contributed by atoms with E-state index in [-0.39, 0.29) is 22.7 Å². The molecule has 1 aromatic heterocycles. The minimum Gasteiger partial charge on any atom is -0.383 e. The largest absolute Gasteiger partial charge is 0.383 e. The summed E-state index contributed by atoms with van der Waals surface area (Å²) in [5.41, 5.74) is 8.18. The zero-order valence-corrected chi connectivity index (χ0v) is 15.8. The predicted octanol–water partition coefficient (Wildman–Crippen LogP) is 4.46. The molecular formula is C19H25N3O2S. The monoisotopic (exact) mass is 359 g/mol. The minimum absolute atomic E-state index is 0.120. The summed E-state index contributed by atoms with van der Waals surface area (Å²) in [7, 11) is 0. The number of aryl methyl sites for hydroxylation is 1. The molecule has 6 heteroatoms. The SMILES string of the molecule is C=CCSC(=O)n1c(N)c(-c2ccccc2C)c(=O)n1C(C)CCC. The second-order valence-corrected chi connectivity index (χ2v) is 7.01. The lowest BCUT2D eigenvalue weighted by Crippen LogP contribution is -2.29. The van der Waals surface area contributed by atoms with Gasteiger partial charge in [0.2, 0.25) is 0 Å². The van der Waals surface area contributed by atoms with Gasteiger partial charge in [-0.1, -0.05) is 55.4 Å². The summed E-state index contributed by atoms with van der Waals surface area (Å²) >= 11 is 1.08. The van der Waals surface area contributed by atoms with E-state index in [0.717, 1.165) is 35.7 Å². The number of carbonyl (C=O) groups is 1. The van der Waals surface area contributed by atoms with Gasteiger partial charge in [0.15, 0.2) is 0 Å². The lowest BCUT2D eigenvalue weighted by Gasteiger charge is -2.17. The van der Waals surface area contributed by atoms with E-state index in [1.54, 1.807) is 6.08 Å². The van der Waals surface area contributed by atoms with Crippen molar-refractivity contribution >= 4 is 22.8 Å². The van der Waals surface area contributed by atoms with Crippen LogP contribution in [0.5, 0.6) is 0 Å². The van der Waals surface area contributed by atoms with Crippen molar-refractivity contribution in [2.24, 2.45) is 0 Å². The number of aromatic nitrogens is 2. The highest BCUT2D eigenvalue weighted by atomic mass is 32.2. The second-order valence-electron chi connectivity index (χ2n) is 6.04. The number of carbonyl (C=O) groups excluding carboxylic acids is 1.